The average Bonchev–Trinajstić information content (AvgIpc) is 2.67. The van der Waals surface area contributed by atoms with Crippen molar-refractivity contribution in [3.8, 4) is 0 Å². The second-order valence-corrected chi connectivity index (χ2v) is 4.40. The van der Waals surface area contributed by atoms with E-state index in [1.54, 1.807) is 12.1 Å². The summed E-state index contributed by atoms with van der Waals surface area (Å²) in [5.41, 5.74) is 1.69. The van der Waals surface area contributed by atoms with Crippen molar-refractivity contribution in [3.05, 3.63) is 35.4 Å². The van der Waals surface area contributed by atoms with Gasteiger partial charge in [-0.05, 0) is 12.0 Å². The maximum atomic E-state index is 11.3. The zero-order valence-corrected chi connectivity index (χ0v) is 10.1. The van der Waals surface area contributed by atoms with Crippen molar-refractivity contribution in [2.24, 2.45) is 0 Å². The van der Waals surface area contributed by atoms with E-state index in [1.807, 2.05) is 12.1 Å². The Hall–Kier alpha value is -1.26. The van der Waals surface area contributed by atoms with E-state index in [2.05, 4.69) is 4.29 Å². The Morgan fingerprint density at radius 1 is 1.24 bits per heavy atom. The Morgan fingerprint density at radius 3 is 2.65 bits per heavy atom. The van der Waals surface area contributed by atoms with E-state index in [-0.39, 0.29) is 0 Å². The highest BCUT2D eigenvalue weighted by molar-refractivity contribution is 6.36. The van der Waals surface area contributed by atoms with Gasteiger partial charge in [0.05, 0.1) is 0 Å². The number of carbonyl (C=O) groups excluding carboxylic acids is 2. The normalized spacial score (nSPS) is 21.8. The number of hydrogen-bond acceptors (Lipinski definition) is 4. The molecule has 0 N–H and O–H groups in total. The van der Waals surface area contributed by atoms with Crippen LogP contribution in [0.1, 0.15) is 17.5 Å². The summed E-state index contributed by atoms with van der Waals surface area (Å²) in [6.45, 7) is 0. The Labute approximate surface area is 108 Å². The molecule has 1 aromatic carbocycles. The van der Waals surface area contributed by atoms with Crippen molar-refractivity contribution < 1.29 is 18.6 Å². The third-order valence-electron chi connectivity index (χ3n) is 2.63. The number of carbonyl (C=O) groups is 2. The lowest BCUT2D eigenvalue weighted by atomic mass is 10.1. The molecule has 1 aliphatic carbocycles. The van der Waals surface area contributed by atoms with Gasteiger partial charge in [0.2, 0.25) is 5.06 Å². The number of alkyl halides is 1. The van der Waals surface area contributed by atoms with E-state index in [9.17, 15) is 9.59 Å². The number of halogens is 2. The van der Waals surface area contributed by atoms with Gasteiger partial charge in [-0.2, -0.15) is 0 Å². The van der Waals surface area contributed by atoms with Crippen molar-refractivity contribution >= 4 is 35.4 Å². The minimum Gasteiger partial charge on any atom is -0.430 e. The van der Waals surface area contributed by atoms with Crippen molar-refractivity contribution in [1.82, 2.24) is 0 Å². The van der Waals surface area contributed by atoms with Gasteiger partial charge in [0.1, 0.15) is 11.9 Å². The maximum absolute atomic E-state index is 11.3. The maximum Gasteiger partial charge on any atom is 0.435 e. The zero-order chi connectivity index (χ0) is 12.5. The van der Waals surface area contributed by atoms with Crippen LogP contribution in [0.5, 0.6) is 0 Å². The van der Waals surface area contributed by atoms with Crippen LogP contribution in [0.4, 0.5) is 0 Å². The van der Waals surface area contributed by atoms with Crippen LogP contribution in [0, 0.1) is 0 Å². The Morgan fingerprint density at radius 2 is 1.94 bits per heavy atom. The smallest absolute Gasteiger partial charge is 0.430 e. The Balaban J connectivity index is 2.22. The van der Waals surface area contributed by atoms with E-state index in [0.717, 1.165) is 5.56 Å². The van der Waals surface area contributed by atoms with E-state index in [0.29, 0.717) is 18.4 Å². The standard InChI is InChI=1S/C11H8Cl2O4/c12-11(16-9(14)10(15)17-13)6-5-7-3-1-2-4-8(7)11/h1-4H,5-6H2. The van der Waals surface area contributed by atoms with Crippen LogP contribution in [-0.2, 0) is 30.1 Å². The van der Waals surface area contributed by atoms with Crippen molar-refractivity contribution in [2.75, 3.05) is 0 Å². The lowest BCUT2D eigenvalue weighted by molar-refractivity contribution is -0.168. The summed E-state index contributed by atoms with van der Waals surface area (Å²) in [5.74, 6) is -2.48. The molecule has 6 heteroatoms. The molecule has 0 bridgehead atoms. The van der Waals surface area contributed by atoms with Crippen LogP contribution in [0.2, 0.25) is 0 Å². The van der Waals surface area contributed by atoms with Crippen LogP contribution < -0.4 is 0 Å². The van der Waals surface area contributed by atoms with Crippen LogP contribution in [0.15, 0.2) is 24.3 Å². The van der Waals surface area contributed by atoms with Crippen LogP contribution >= 0.6 is 23.5 Å². The Bertz CT molecular complexity index is 474. The predicted octanol–water partition coefficient (Wildman–Crippen LogP) is 2.26. The molecule has 2 rings (SSSR count). The molecule has 1 unspecified atom stereocenters. The molecule has 0 amide bonds. The van der Waals surface area contributed by atoms with Gasteiger partial charge in [0, 0.05) is 12.0 Å². The molecule has 0 saturated heterocycles. The molecule has 1 atom stereocenters. The van der Waals surface area contributed by atoms with Crippen molar-refractivity contribution in [2.45, 2.75) is 17.9 Å². The summed E-state index contributed by atoms with van der Waals surface area (Å²) in [7, 11) is 0. The molecule has 0 saturated carbocycles. The number of ether oxygens (including phenoxy) is 1. The van der Waals surface area contributed by atoms with Gasteiger partial charge in [-0.15, -0.1) is 0 Å². The highest BCUT2D eigenvalue weighted by Crippen LogP contribution is 2.43. The first kappa shape index (κ1) is 12.2. The molecule has 0 spiro atoms. The van der Waals surface area contributed by atoms with Gasteiger partial charge >= 0.3 is 11.9 Å². The summed E-state index contributed by atoms with van der Waals surface area (Å²) >= 11 is 11.0. The van der Waals surface area contributed by atoms with Gasteiger partial charge in [-0.3, -0.25) is 0 Å². The molecule has 0 heterocycles. The Kier molecular flexibility index (Phi) is 3.26. The van der Waals surface area contributed by atoms with Crippen LogP contribution in [0.25, 0.3) is 0 Å². The molecule has 0 radical (unpaired) electrons. The lowest BCUT2D eigenvalue weighted by Gasteiger charge is -2.21. The molecular formula is C11H8Cl2O4. The number of rotatable bonds is 1. The molecule has 1 aromatic rings. The fraction of sp³-hybridized carbons (Fsp3) is 0.273. The van der Waals surface area contributed by atoms with Crippen molar-refractivity contribution in [1.29, 1.82) is 0 Å². The topological polar surface area (TPSA) is 52.6 Å². The lowest BCUT2D eigenvalue weighted by Crippen LogP contribution is -2.28. The second-order valence-electron chi connectivity index (χ2n) is 3.64. The van der Waals surface area contributed by atoms with Gasteiger partial charge in [0.15, 0.2) is 0 Å². The molecule has 17 heavy (non-hydrogen) atoms. The first-order chi connectivity index (χ1) is 8.07. The summed E-state index contributed by atoms with van der Waals surface area (Å²) < 4.78 is 8.70. The first-order valence-electron chi connectivity index (χ1n) is 4.90. The van der Waals surface area contributed by atoms with Gasteiger partial charge in [-0.1, -0.05) is 35.9 Å². The summed E-state index contributed by atoms with van der Waals surface area (Å²) in [4.78, 5) is 22.1. The summed E-state index contributed by atoms with van der Waals surface area (Å²) in [6, 6.07) is 7.31. The third kappa shape index (κ3) is 2.23. The number of benzene rings is 1. The minimum atomic E-state index is -1.31. The second kappa shape index (κ2) is 4.55. The molecule has 0 aliphatic heterocycles. The zero-order valence-electron chi connectivity index (χ0n) is 8.61. The highest BCUT2D eigenvalue weighted by Gasteiger charge is 2.42. The molecule has 0 aromatic heterocycles. The number of hydrogen-bond donors (Lipinski definition) is 0. The molecular weight excluding hydrogens is 267 g/mol. The van der Waals surface area contributed by atoms with Gasteiger partial charge in [-0.25, -0.2) is 9.59 Å². The summed E-state index contributed by atoms with van der Waals surface area (Å²) in [6.07, 6.45) is 1.10. The minimum absolute atomic E-state index is 0.412. The first-order valence-corrected chi connectivity index (χ1v) is 5.58. The van der Waals surface area contributed by atoms with Crippen LogP contribution in [-0.4, -0.2) is 11.9 Å². The van der Waals surface area contributed by atoms with E-state index < -0.39 is 17.0 Å². The monoisotopic (exact) mass is 274 g/mol. The molecule has 90 valence electrons. The molecule has 0 fully saturated rings. The third-order valence-corrected chi connectivity index (χ3v) is 3.24. The van der Waals surface area contributed by atoms with Gasteiger partial charge < -0.3 is 9.03 Å². The van der Waals surface area contributed by atoms with Crippen LogP contribution in [0.3, 0.4) is 0 Å². The number of aryl methyl sites for hydroxylation is 1. The summed E-state index contributed by atoms with van der Waals surface area (Å²) in [5, 5.41) is -1.31. The SMILES string of the molecule is O=C(OCl)C(=O)OC1(Cl)CCc2ccccc21. The number of fused-ring (bicyclic) bond motifs is 1. The van der Waals surface area contributed by atoms with E-state index >= 15 is 0 Å². The quantitative estimate of drug-likeness (QED) is 0.448. The molecule has 1 aliphatic rings. The highest BCUT2D eigenvalue weighted by atomic mass is 35.5. The van der Waals surface area contributed by atoms with E-state index in [4.69, 9.17) is 28.2 Å². The fourth-order valence-corrected chi connectivity index (χ4v) is 2.27. The van der Waals surface area contributed by atoms with E-state index in [1.165, 1.54) is 0 Å². The molecule has 4 nitrogen and oxygen atoms in total. The fourth-order valence-electron chi connectivity index (χ4n) is 1.86. The number of esters is 1. The largest absolute Gasteiger partial charge is 0.435 e. The van der Waals surface area contributed by atoms with Gasteiger partial charge in [0.25, 0.3) is 0 Å². The average molecular weight is 275 g/mol. The predicted molar refractivity (Wildman–Crippen MR) is 60.3 cm³/mol. The van der Waals surface area contributed by atoms with Crippen molar-refractivity contribution in [3.63, 3.8) is 0 Å².